The molecule has 0 radical (unpaired) electrons. The van der Waals surface area contributed by atoms with Crippen LogP contribution < -0.4 is 9.47 Å². The number of fused-ring (bicyclic) bond motifs is 2. The lowest BCUT2D eigenvalue weighted by Crippen LogP contribution is -1.92. The molecule has 1 aliphatic heterocycles. The Morgan fingerprint density at radius 2 is 1.79 bits per heavy atom. The molecule has 24 heavy (non-hydrogen) atoms. The lowest BCUT2D eigenvalue weighted by Gasteiger charge is -2.03. The summed E-state index contributed by atoms with van der Waals surface area (Å²) in [6, 6.07) is 15.7. The molecule has 1 N–H and O–H groups in total. The molecule has 116 valence electrons. The number of aromatic amines is 1. The quantitative estimate of drug-likeness (QED) is 0.613. The van der Waals surface area contributed by atoms with Crippen molar-refractivity contribution < 1.29 is 9.47 Å². The monoisotopic (exact) mass is 316 g/mol. The van der Waals surface area contributed by atoms with Gasteiger partial charge in [-0.3, -0.25) is 5.10 Å². The largest absolute Gasteiger partial charge is 0.454 e. The van der Waals surface area contributed by atoms with Crippen molar-refractivity contribution in [1.82, 2.24) is 20.2 Å². The van der Waals surface area contributed by atoms with Gasteiger partial charge in [-0.1, -0.05) is 30.3 Å². The van der Waals surface area contributed by atoms with Gasteiger partial charge in [0.2, 0.25) is 6.79 Å². The molecule has 0 fully saturated rings. The normalized spacial score (nSPS) is 12.7. The molecule has 0 amide bonds. The van der Waals surface area contributed by atoms with Crippen LogP contribution >= 0.6 is 0 Å². The Hall–Kier alpha value is -3.41. The van der Waals surface area contributed by atoms with Gasteiger partial charge in [0.15, 0.2) is 17.1 Å². The molecule has 0 saturated carbocycles. The first kappa shape index (κ1) is 13.1. The van der Waals surface area contributed by atoms with Gasteiger partial charge in [-0.15, -0.1) is 0 Å². The molecule has 4 aromatic rings. The summed E-state index contributed by atoms with van der Waals surface area (Å²) >= 11 is 0. The van der Waals surface area contributed by atoms with Crippen molar-refractivity contribution in [3.8, 4) is 34.0 Å². The molecule has 0 unspecified atom stereocenters. The third kappa shape index (κ3) is 2.00. The first-order valence-corrected chi connectivity index (χ1v) is 7.55. The summed E-state index contributed by atoms with van der Waals surface area (Å²) < 4.78 is 10.8. The summed E-state index contributed by atoms with van der Waals surface area (Å²) in [5, 5.41) is 7.28. The standard InChI is InChI=1S/C18H12N4O2/c1-2-4-11(5-3-1)13-9-19-18-17(20-13)16(21-22-18)12-6-7-14-15(8-12)24-10-23-14/h1-9H,10H2,(H,19,21,22). The second-order valence-corrected chi connectivity index (χ2v) is 5.46. The molecule has 2 aromatic heterocycles. The van der Waals surface area contributed by atoms with Crippen molar-refractivity contribution in [1.29, 1.82) is 0 Å². The second-order valence-electron chi connectivity index (χ2n) is 5.46. The van der Waals surface area contributed by atoms with Gasteiger partial charge in [0.25, 0.3) is 0 Å². The minimum absolute atomic E-state index is 0.250. The first-order valence-electron chi connectivity index (χ1n) is 7.55. The summed E-state index contributed by atoms with van der Waals surface area (Å²) in [7, 11) is 0. The second kappa shape index (κ2) is 5.06. The molecule has 3 heterocycles. The van der Waals surface area contributed by atoms with Gasteiger partial charge in [-0.2, -0.15) is 5.10 Å². The number of aromatic nitrogens is 4. The highest BCUT2D eigenvalue weighted by molar-refractivity contribution is 5.89. The van der Waals surface area contributed by atoms with Gasteiger partial charge in [0, 0.05) is 11.1 Å². The fourth-order valence-electron chi connectivity index (χ4n) is 2.80. The number of hydrogen-bond acceptors (Lipinski definition) is 5. The molecule has 0 saturated heterocycles. The Kier molecular flexibility index (Phi) is 2.75. The summed E-state index contributed by atoms with van der Waals surface area (Å²) in [5.74, 6) is 1.47. The number of hydrogen-bond donors (Lipinski definition) is 1. The molecule has 0 atom stereocenters. The van der Waals surface area contributed by atoms with Crippen molar-refractivity contribution in [3.05, 3.63) is 54.7 Å². The molecular weight excluding hydrogens is 304 g/mol. The Labute approximate surface area is 137 Å². The van der Waals surface area contributed by atoms with Crippen LogP contribution in [0.25, 0.3) is 33.7 Å². The fourth-order valence-corrected chi connectivity index (χ4v) is 2.80. The molecule has 2 aromatic carbocycles. The van der Waals surface area contributed by atoms with Crippen LogP contribution in [0.15, 0.2) is 54.7 Å². The van der Waals surface area contributed by atoms with E-state index in [-0.39, 0.29) is 6.79 Å². The predicted molar refractivity (Wildman–Crippen MR) is 88.7 cm³/mol. The van der Waals surface area contributed by atoms with Crippen molar-refractivity contribution >= 4 is 11.2 Å². The van der Waals surface area contributed by atoms with E-state index in [0.29, 0.717) is 5.65 Å². The van der Waals surface area contributed by atoms with Gasteiger partial charge >= 0.3 is 0 Å². The summed E-state index contributed by atoms with van der Waals surface area (Å²) in [6.07, 6.45) is 1.74. The molecular formula is C18H12N4O2. The van der Waals surface area contributed by atoms with Gasteiger partial charge in [0.05, 0.1) is 17.6 Å². The molecule has 6 nitrogen and oxygen atoms in total. The molecule has 0 aliphatic carbocycles. The van der Waals surface area contributed by atoms with E-state index in [1.807, 2.05) is 48.5 Å². The van der Waals surface area contributed by atoms with E-state index in [9.17, 15) is 0 Å². The van der Waals surface area contributed by atoms with Crippen molar-refractivity contribution in [2.24, 2.45) is 0 Å². The van der Waals surface area contributed by atoms with Crippen LogP contribution in [0, 0.1) is 0 Å². The Bertz CT molecular complexity index is 1040. The van der Waals surface area contributed by atoms with E-state index in [1.165, 1.54) is 0 Å². The average Bonchev–Trinajstić information content (AvgIpc) is 3.27. The van der Waals surface area contributed by atoms with E-state index in [4.69, 9.17) is 14.5 Å². The maximum atomic E-state index is 5.45. The first-order chi connectivity index (χ1) is 11.9. The van der Waals surface area contributed by atoms with Crippen molar-refractivity contribution in [3.63, 3.8) is 0 Å². The summed E-state index contributed by atoms with van der Waals surface area (Å²) in [4.78, 5) is 9.16. The van der Waals surface area contributed by atoms with E-state index < -0.39 is 0 Å². The van der Waals surface area contributed by atoms with E-state index in [2.05, 4.69) is 15.2 Å². The van der Waals surface area contributed by atoms with Crippen molar-refractivity contribution in [2.75, 3.05) is 6.79 Å². The molecule has 0 spiro atoms. The SMILES string of the molecule is c1ccc(-c2cnc3n[nH]c(-c4ccc5c(c4)OCO5)c3n2)cc1. The van der Waals surface area contributed by atoms with Crippen LogP contribution in [0.2, 0.25) is 0 Å². The third-order valence-corrected chi connectivity index (χ3v) is 3.99. The van der Waals surface area contributed by atoms with Gasteiger partial charge in [-0.25, -0.2) is 9.97 Å². The zero-order chi connectivity index (χ0) is 15.9. The number of H-pyrrole nitrogens is 1. The van der Waals surface area contributed by atoms with Crippen LogP contribution in [-0.2, 0) is 0 Å². The zero-order valence-corrected chi connectivity index (χ0v) is 12.6. The minimum atomic E-state index is 0.250. The maximum absolute atomic E-state index is 5.45. The van der Waals surface area contributed by atoms with Crippen LogP contribution in [0.5, 0.6) is 11.5 Å². The van der Waals surface area contributed by atoms with Crippen LogP contribution in [-0.4, -0.2) is 27.0 Å². The van der Waals surface area contributed by atoms with Gasteiger partial charge in [0.1, 0.15) is 5.52 Å². The Morgan fingerprint density at radius 1 is 0.917 bits per heavy atom. The predicted octanol–water partition coefficient (Wildman–Crippen LogP) is 3.42. The summed E-state index contributed by atoms with van der Waals surface area (Å²) in [5.41, 5.74) is 4.89. The number of rotatable bonds is 2. The number of ether oxygens (including phenoxy) is 2. The average molecular weight is 316 g/mol. The van der Waals surface area contributed by atoms with Gasteiger partial charge < -0.3 is 9.47 Å². The van der Waals surface area contributed by atoms with Gasteiger partial charge in [-0.05, 0) is 18.2 Å². The van der Waals surface area contributed by atoms with Crippen LogP contribution in [0.1, 0.15) is 0 Å². The fraction of sp³-hybridized carbons (Fsp3) is 0.0556. The number of nitrogens with one attached hydrogen (secondary N) is 1. The minimum Gasteiger partial charge on any atom is -0.454 e. The smallest absolute Gasteiger partial charge is 0.231 e. The highest BCUT2D eigenvalue weighted by Crippen LogP contribution is 2.36. The topological polar surface area (TPSA) is 72.9 Å². The zero-order valence-electron chi connectivity index (χ0n) is 12.6. The van der Waals surface area contributed by atoms with Crippen LogP contribution in [0.3, 0.4) is 0 Å². The van der Waals surface area contributed by atoms with E-state index in [0.717, 1.165) is 39.5 Å². The third-order valence-electron chi connectivity index (χ3n) is 3.99. The maximum Gasteiger partial charge on any atom is 0.231 e. The van der Waals surface area contributed by atoms with E-state index >= 15 is 0 Å². The molecule has 6 heteroatoms. The lowest BCUT2D eigenvalue weighted by atomic mass is 10.1. The highest BCUT2D eigenvalue weighted by atomic mass is 16.7. The van der Waals surface area contributed by atoms with E-state index in [1.54, 1.807) is 6.20 Å². The molecule has 5 rings (SSSR count). The summed E-state index contributed by atoms with van der Waals surface area (Å²) in [6.45, 7) is 0.250. The Morgan fingerprint density at radius 3 is 2.71 bits per heavy atom. The lowest BCUT2D eigenvalue weighted by molar-refractivity contribution is 0.174. The molecule has 0 bridgehead atoms. The number of nitrogens with zero attached hydrogens (tertiary/aromatic N) is 3. The van der Waals surface area contributed by atoms with Crippen LogP contribution in [0.4, 0.5) is 0 Å². The highest BCUT2D eigenvalue weighted by Gasteiger charge is 2.17. The number of benzene rings is 2. The molecule has 1 aliphatic rings. The van der Waals surface area contributed by atoms with Crippen molar-refractivity contribution in [2.45, 2.75) is 0 Å². The Balaban J connectivity index is 1.66.